The van der Waals surface area contributed by atoms with Gasteiger partial charge in [-0.3, -0.25) is 0 Å². The van der Waals surface area contributed by atoms with Crippen molar-refractivity contribution in [3.05, 3.63) is 157 Å². The molecule has 4 saturated carbocycles. The molecular weight excluding hydrogens is 673 g/mol. The van der Waals surface area contributed by atoms with Crippen molar-refractivity contribution in [3.63, 3.8) is 0 Å². The van der Waals surface area contributed by atoms with Crippen LogP contribution in [0.3, 0.4) is 0 Å². The summed E-state index contributed by atoms with van der Waals surface area (Å²) in [4.78, 5) is 0. The summed E-state index contributed by atoms with van der Waals surface area (Å²) in [5.41, 5.74) is 15.8. The maximum absolute atomic E-state index is 6.70. The second-order valence-corrected chi connectivity index (χ2v) is 17.9. The molecule has 0 unspecified atom stereocenters. The third kappa shape index (κ3) is 3.89. The quantitative estimate of drug-likeness (QED) is 0.178. The van der Waals surface area contributed by atoms with Crippen LogP contribution in [-0.2, 0) is 5.41 Å². The molecule has 2 heteroatoms. The molecule has 258 valence electrons. The molecule has 0 atom stereocenters. The van der Waals surface area contributed by atoms with Crippen molar-refractivity contribution in [2.45, 2.75) is 37.5 Å². The van der Waals surface area contributed by atoms with Gasteiger partial charge < -0.3 is 4.42 Å². The van der Waals surface area contributed by atoms with E-state index in [1.807, 2.05) is 11.3 Å². The first-order valence-corrected chi connectivity index (χ1v) is 20.7. The first-order valence-electron chi connectivity index (χ1n) is 19.9. The molecule has 14 rings (SSSR count). The van der Waals surface area contributed by atoms with Gasteiger partial charge >= 0.3 is 0 Å². The molecule has 7 aromatic carbocycles. The Labute approximate surface area is 318 Å². The molecular formula is C52H38OS. The Kier molecular flexibility index (Phi) is 6.01. The van der Waals surface area contributed by atoms with Gasteiger partial charge in [-0.25, -0.2) is 0 Å². The van der Waals surface area contributed by atoms with E-state index in [1.54, 1.807) is 11.1 Å². The molecule has 1 nitrogen and oxygen atoms in total. The van der Waals surface area contributed by atoms with Gasteiger partial charge in [-0.1, -0.05) is 127 Å². The molecule has 2 aromatic heterocycles. The fourth-order valence-corrected chi connectivity index (χ4v) is 13.7. The standard InChI is InChI=1S/C52H38OS/c1-3-16-47-38(8-1)41-12-6-13-42(50(41)53-47)40-11-7-15-46-49(40)44-29-34(22-23-45(44)52(46)35-25-30-24-31(27-35)28-36(52)26-30)32-18-20-33(21-19-32)37-10-5-14-43-39-9-2-4-17-48(39)54-51(37)43/h1-23,29-31,35-36H,24-28H2. The van der Waals surface area contributed by atoms with E-state index in [-0.39, 0.29) is 5.41 Å². The van der Waals surface area contributed by atoms with Crippen LogP contribution in [0.1, 0.15) is 43.2 Å². The van der Waals surface area contributed by atoms with Gasteiger partial charge in [0.2, 0.25) is 0 Å². The van der Waals surface area contributed by atoms with Crippen molar-refractivity contribution in [2.75, 3.05) is 0 Å². The molecule has 0 radical (unpaired) electrons. The summed E-state index contributed by atoms with van der Waals surface area (Å²) < 4.78 is 9.42. The van der Waals surface area contributed by atoms with Crippen molar-refractivity contribution >= 4 is 53.4 Å². The summed E-state index contributed by atoms with van der Waals surface area (Å²) in [6, 6.07) is 55.0. The highest BCUT2D eigenvalue weighted by Gasteiger charge is 2.61. The summed E-state index contributed by atoms with van der Waals surface area (Å²) in [6.45, 7) is 0. The van der Waals surface area contributed by atoms with E-state index >= 15 is 0 Å². The largest absolute Gasteiger partial charge is 0.455 e. The first-order chi connectivity index (χ1) is 26.7. The van der Waals surface area contributed by atoms with Gasteiger partial charge in [0.25, 0.3) is 0 Å². The summed E-state index contributed by atoms with van der Waals surface area (Å²) in [5.74, 6) is 3.25. The molecule has 5 aliphatic rings. The highest BCUT2D eigenvalue weighted by molar-refractivity contribution is 7.26. The summed E-state index contributed by atoms with van der Waals surface area (Å²) in [6.07, 6.45) is 6.98. The lowest BCUT2D eigenvalue weighted by atomic mass is 9.43. The topological polar surface area (TPSA) is 13.1 Å². The first kappa shape index (κ1) is 29.9. The van der Waals surface area contributed by atoms with E-state index in [0.29, 0.717) is 11.8 Å². The van der Waals surface area contributed by atoms with E-state index in [4.69, 9.17) is 4.42 Å². The molecule has 54 heavy (non-hydrogen) atoms. The van der Waals surface area contributed by atoms with Gasteiger partial charge in [0.15, 0.2) is 0 Å². The number of benzene rings is 7. The Morgan fingerprint density at radius 2 is 1.11 bits per heavy atom. The third-order valence-electron chi connectivity index (χ3n) is 14.3. The number of hydrogen-bond donors (Lipinski definition) is 0. The van der Waals surface area contributed by atoms with Crippen molar-refractivity contribution in [2.24, 2.45) is 23.7 Å². The predicted octanol–water partition coefficient (Wildman–Crippen LogP) is 14.7. The van der Waals surface area contributed by atoms with Gasteiger partial charge in [0.05, 0.1) is 0 Å². The zero-order chi connectivity index (χ0) is 35.1. The predicted molar refractivity (Wildman–Crippen MR) is 226 cm³/mol. The average molecular weight is 711 g/mol. The lowest BCUT2D eigenvalue weighted by Crippen LogP contribution is -2.55. The zero-order valence-corrected chi connectivity index (χ0v) is 30.8. The van der Waals surface area contributed by atoms with Gasteiger partial charge in [-0.05, 0) is 124 Å². The van der Waals surface area contributed by atoms with E-state index in [0.717, 1.165) is 23.0 Å². The molecule has 2 heterocycles. The Bertz CT molecular complexity index is 2980. The molecule has 0 N–H and O–H groups in total. The average Bonchev–Trinajstić information content (AvgIpc) is 3.88. The monoisotopic (exact) mass is 710 g/mol. The van der Waals surface area contributed by atoms with Crippen molar-refractivity contribution < 1.29 is 4.42 Å². The normalized spacial score (nSPS) is 23.6. The van der Waals surface area contributed by atoms with Crippen LogP contribution in [0.25, 0.3) is 86.6 Å². The van der Waals surface area contributed by atoms with Gasteiger partial charge in [-0.15, -0.1) is 11.3 Å². The minimum Gasteiger partial charge on any atom is -0.455 e. The molecule has 1 spiro atoms. The third-order valence-corrected chi connectivity index (χ3v) is 15.5. The van der Waals surface area contributed by atoms with E-state index in [2.05, 4.69) is 146 Å². The van der Waals surface area contributed by atoms with Crippen LogP contribution < -0.4 is 0 Å². The van der Waals surface area contributed by atoms with Crippen LogP contribution in [0.2, 0.25) is 0 Å². The molecule has 5 aliphatic carbocycles. The van der Waals surface area contributed by atoms with Gasteiger partial charge in [-0.2, -0.15) is 0 Å². The molecule has 0 aliphatic heterocycles. The second-order valence-electron chi connectivity index (χ2n) is 16.8. The molecule has 0 amide bonds. The Hall–Kier alpha value is -5.44. The molecule has 4 bridgehead atoms. The van der Waals surface area contributed by atoms with Gasteiger partial charge in [0, 0.05) is 41.9 Å². The summed E-state index contributed by atoms with van der Waals surface area (Å²) in [7, 11) is 0. The maximum Gasteiger partial charge on any atom is 0.143 e. The van der Waals surface area contributed by atoms with Crippen molar-refractivity contribution in [1.29, 1.82) is 0 Å². The van der Waals surface area contributed by atoms with Crippen LogP contribution >= 0.6 is 11.3 Å². The highest BCUT2D eigenvalue weighted by atomic mass is 32.1. The number of rotatable bonds is 3. The number of thiophene rings is 1. The number of furan rings is 1. The maximum atomic E-state index is 6.70. The van der Waals surface area contributed by atoms with Crippen LogP contribution in [0.5, 0.6) is 0 Å². The number of hydrogen-bond acceptors (Lipinski definition) is 2. The van der Waals surface area contributed by atoms with Crippen LogP contribution in [0.4, 0.5) is 0 Å². The fourth-order valence-electron chi connectivity index (χ4n) is 12.4. The Morgan fingerprint density at radius 1 is 0.463 bits per heavy atom. The lowest BCUT2D eigenvalue weighted by Gasteiger charge is -2.61. The highest BCUT2D eigenvalue weighted by Crippen LogP contribution is 2.70. The Morgan fingerprint density at radius 3 is 1.94 bits per heavy atom. The molecule has 4 fully saturated rings. The van der Waals surface area contributed by atoms with E-state index in [1.165, 1.54) is 108 Å². The number of para-hydroxylation sites is 2. The lowest BCUT2D eigenvalue weighted by molar-refractivity contribution is -0.0399. The Balaban J connectivity index is 0.995. The SMILES string of the molecule is c1cc(-c2cccc3c2oc2ccccc23)c2c(c1)C1(c3ccc(-c4ccc(-c5cccc6c5sc5ccccc56)cc4)cc3-2)C2CC3CC(C2)CC1C3. The van der Waals surface area contributed by atoms with Crippen LogP contribution in [-0.4, -0.2) is 0 Å². The van der Waals surface area contributed by atoms with Crippen molar-refractivity contribution in [1.82, 2.24) is 0 Å². The summed E-state index contributed by atoms with van der Waals surface area (Å²) >= 11 is 1.91. The number of fused-ring (bicyclic) bond motifs is 9. The van der Waals surface area contributed by atoms with E-state index < -0.39 is 0 Å². The summed E-state index contributed by atoms with van der Waals surface area (Å²) in [5, 5.41) is 5.09. The van der Waals surface area contributed by atoms with Crippen LogP contribution in [0.15, 0.2) is 150 Å². The smallest absolute Gasteiger partial charge is 0.143 e. The van der Waals surface area contributed by atoms with E-state index in [9.17, 15) is 0 Å². The van der Waals surface area contributed by atoms with Crippen molar-refractivity contribution in [3.8, 4) is 44.5 Å². The van der Waals surface area contributed by atoms with Crippen LogP contribution in [0, 0.1) is 23.7 Å². The fraction of sp³-hybridized carbons (Fsp3) is 0.192. The molecule has 0 saturated heterocycles. The molecule has 9 aromatic rings. The van der Waals surface area contributed by atoms with Gasteiger partial charge in [0.1, 0.15) is 11.2 Å². The zero-order valence-electron chi connectivity index (χ0n) is 30.0. The minimum atomic E-state index is 0.0984. The minimum absolute atomic E-state index is 0.0984. The second kappa shape index (κ2) is 10.8.